The average molecular weight is 633 g/mol. The van der Waals surface area contributed by atoms with Gasteiger partial charge in [-0.3, -0.25) is 13.9 Å². The van der Waals surface area contributed by atoms with Gasteiger partial charge in [0.25, 0.3) is 10.0 Å². The predicted molar refractivity (Wildman–Crippen MR) is 165 cm³/mol. The molecule has 1 aliphatic rings. The van der Waals surface area contributed by atoms with Gasteiger partial charge in [-0.05, 0) is 67.3 Å². The highest BCUT2D eigenvalue weighted by Crippen LogP contribution is 2.32. The summed E-state index contributed by atoms with van der Waals surface area (Å²) in [6.45, 7) is 1.37. The number of sulfonamides is 1. The molecule has 0 bridgehead atoms. The van der Waals surface area contributed by atoms with Crippen molar-refractivity contribution in [2.24, 2.45) is 0 Å². The fraction of sp³-hybridized carbons (Fsp3) is 0.355. The molecule has 0 heterocycles. The number of hydrogen-bond acceptors (Lipinski definition) is 5. The molecule has 8 nitrogen and oxygen atoms in total. The van der Waals surface area contributed by atoms with Crippen molar-refractivity contribution in [2.45, 2.75) is 62.6 Å². The van der Waals surface area contributed by atoms with Crippen LogP contribution in [0.4, 0.5) is 5.69 Å². The third-order valence-electron chi connectivity index (χ3n) is 7.39. The molecule has 1 fully saturated rings. The third kappa shape index (κ3) is 7.56. The van der Waals surface area contributed by atoms with Crippen molar-refractivity contribution < 1.29 is 22.7 Å². The number of halogens is 2. The van der Waals surface area contributed by atoms with E-state index < -0.39 is 28.5 Å². The lowest BCUT2D eigenvalue weighted by Crippen LogP contribution is -2.53. The lowest BCUT2D eigenvalue weighted by atomic mass is 10.1. The van der Waals surface area contributed by atoms with E-state index in [4.69, 9.17) is 27.9 Å². The predicted octanol–water partition coefficient (Wildman–Crippen LogP) is 6.06. The standard InChI is InChI=1S/C31H35Cl2N3O5S/c1-3-28(31(38)34-24-9-7-8-10-24)35(20-22-13-15-23(32)16-14-22)30(37)21-36(25-17-18-29(41-2)27(33)19-25)42(39,40)26-11-5-4-6-12-26/h4-6,11-19,24,28H,3,7-10,20-21H2,1-2H3,(H,34,38)/t28-/m0/s1. The Morgan fingerprint density at radius 2 is 1.67 bits per heavy atom. The van der Waals surface area contributed by atoms with E-state index in [0.29, 0.717) is 17.2 Å². The number of benzene rings is 3. The maximum atomic E-state index is 14.2. The van der Waals surface area contributed by atoms with Crippen molar-refractivity contribution in [3.63, 3.8) is 0 Å². The summed E-state index contributed by atoms with van der Waals surface area (Å²) < 4.78 is 34.1. The number of methoxy groups -OCH3 is 1. The molecular weight excluding hydrogens is 597 g/mol. The Labute approximate surface area is 257 Å². The molecule has 4 rings (SSSR count). The average Bonchev–Trinajstić information content (AvgIpc) is 3.50. The Balaban J connectivity index is 1.72. The lowest BCUT2D eigenvalue weighted by Gasteiger charge is -2.34. The smallest absolute Gasteiger partial charge is 0.264 e. The van der Waals surface area contributed by atoms with Crippen molar-refractivity contribution in [3.8, 4) is 5.75 Å². The van der Waals surface area contributed by atoms with Gasteiger partial charge in [0.2, 0.25) is 11.8 Å². The quantitative estimate of drug-likeness (QED) is 0.262. The van der Waals surface area contributed by atoms with Gasteiger partial charge in [0.1, 0.15) is 18.3 Å². The molecule has 1 saturated carbocycles. The molecule has 1 aliphatic carbocycles. The molecular formula is C31H35Cl2N3O5S. The summed E-state index contributed by atoms with van der Waals surface area (Å²) in [6, 6.07) is 18.6. The van der Waals surface area contributed by atoms with Crippen LogP contribution in [0.15, 0.2) is 77.7 Å². The minimum absolute atomic E-state index is 0.0139. The molecule has 3 aromatic carbocycles. The zero-order valence-electron chi connectivity index (χ0n) is 23.6. The zero-order chi connectivity index (χ0) is 30.3. The molecule has 0 saturated heterocycles. The van der Waals surface area contributed by atoms with Gasteiger partial charge in [-0.15, -0.1) is 0 Å². The first-order chi connectivity index (χ1) is 20.1. The van der Waals surface area contributed by atoms with Gasteiger partial charge in [-0.2, -0.15) is 0 Å². The van der Waals surface area contributed by atoms with Gasteiger partial charge in [-0.25, -0.2) is 8.42 Å². The van der Waals surface area contributed by atoms with Crippen LogP contribution in [-0.4, -0.2) is 50.9 Å². The van der Waals surface area contributed by atoms with Crippen molar-refractivity contribution >= 4 is 50.7 Å². The fourth-order valence-corrected chi connectivity index (χ4v) is 6.94. The number of amides is 2. The number of rotatable bonds is 12. The van der Waals surface area contributed by atoms with Gasteiger partial charge >= 0.3 is 0 Å². The van der Waals surface area contributed by atoms with Crippen LogP contribution in [0.2, 0.25) is 10.0 Å². The normalized spacial score (nSPS) is 14.3. The van der Waals surface area contributed by atoms with Crippen LogP contribution in [0, 0.1) is 0 Å². The minimum Gasteiger partial charge on any atom is -0.495 e. The van der Waals surface area contributed by atoms with Crippen LogP contribution in [-0.2, 0) is 26.2 Å². The molecule has 0 radical (unpaired) electrons. The summed E-state index contributed by atoms with van der Waals surface area (Å²) in [5.74, 6) is -0.427. The minimum atomic E-state index is -4.20. The van der Waals surface area contributed by atoms with E-state index in [-0.39, 0.29) is 34.1 Å². The molecule has 42 heavy (non-hydrogen) atoms. The first-order valence-corrected chi connectivity index (χ1v) is 16.1. The molecule has 11 heteroatoms. The van der Waals surface area contributed by atoms with Crippen LogP contribution in [0.25, 0.3) is 0 Å². The molecule has 2 amide bonds. The summed E-state index contributed by atoms with van der Waals surface area (Å²) in [5.41, 5.74) is 0.942. The SMILES string of the molecule is CC[C@@H](C(=O)NC1CCCC1)N(Cc1ccc(Cl)cc1)C(=O)CN(c1ccc(OC)c(Cl)c1)S(=O)(=O)c1ccccc1. The number of hydrogen-bond donors (Lipinski definition) is 1. The summed E-state index contributed by atoms with van der Waals surface area (Å²) in [6.07, 6.45) is 4.23. The second-order valence-corrected chi connectivity index (χ2v) is 12.9. The van der Waals surface area contributed by atoms with Crippen LogP contribution < -0.4 is 14.4 Å². The first kappa shape index (κ1) is 31.7. The Morgan fingerprint density at radius 3 is 2.26 bits per heavy atom. The van der Waals surface area contributed by atoms with Crippen molar-refractivity contribution in [2.75, 3.05) is 18.0 Å². The molecule has 0 spiro atoms. The summed E-state index contributed by atoms with van der Waals surface area (Å²) >= 11 is 12.5. The van der Waals surface area contributed by atoms with Crippen molar-refractivity contribution in [1.29, 1.82) is 0 Å². The Kier molecular flexibility index (Phi) is 10.8. The summed E-state index contributed by atoms with van der Waals surface area (Å²) in [4.78, 5) is 29.2. The second-order valence-electron chi connectivity index (χ2n) is 10.2. The third-order valence-corrected chi connectivity index (χ3v) is 9.72. The largest absolute Gasteiger partial charge is 0.495 e. The summed E-state index contributed by atoms with van der Waals surface area (Å²) in [7, 11) is -2.74. The Morgan fingerprint density at radius 1 is 1.00 bits per heavy atom. The molecule has 3 aromatic rings. The van der Waals surface area contributed by atoms with Gasteiger partial charge in [0.15, 0.2) is 0 Å². The second kappa shape index (κ2) is 14.3. The van der Waals surface area contributed by atoms with Gasteiger partial charge in [0.05, 0.1) is 22.7 Å². The topological polar surface area (TPSA) is 96.0 Å². The Hall–Kier alpha value is -3.27. The van der Waals surface area contributed by atoms with Gasteiger partial charge in [0, 0.05) is 17.6 Å². The number of ether oxygens (including phenoxy) is 1. The van der Waals surface area contributed by atoms with E-state index in [9.17, 15) is 18.0 Å². The molecule has 224 valence electrons. The number of nitrogens with zero attached hydrogens (tertiary/aromatic N) is 2. The van der Waals surface area contributed by atoms with E-state index >= 15 is 0 Å². The number of nitrogens with one attached hydrogen (secondary N) is 1. The number of carbonyl (C=O) groups is 2. The molecule has 0 unspecified atom stereocenters. The number of anilines is 1. The molecule has 0 aromatic heterocycles. The van der Waals surface area contributed by atoms with E-state index in [1.165, 1.54) is 36.3 Å². The van der Waals surface area contributed by atoms with Crippen molar-refractivity contribution in [1.82, 2.24) is 10.2 Å². The van der Waals surface area contributed by atoms with Gasteiger partial charge < -0.3 is 15.0 Å². The van der Waals surface area contributed by atoms with E-state index in [1.54, 1.807) is 48.5 Å². The van der Waals surface area contributed by atoms with Gasteiger partial charge in [-0.1, -0.05) is 73.3 Å². The maximum Gasteiger partial charge on any atom is 0.264 e. The van der Waals surface area contributed by atoms with Crippen LogP contribution in [0.1, 0.15) is 44.6 Å². The lowest BCUT2D eigenvalue weighted by molar-refractivity contribution is -0.140. The van der Waals surface area contributed by atoms with E-state index in [2.05, 4.69) is 5.32 Å². The molecule has 1 atom stereocenters. The zero-order valence-corrected chi connectivity index (χ0v) is 26.0. The maximum absolute atomic E-state index is 14.2. The van der Waals surface area contributed by atoms with Crippen LogP contribution >= 0.6 is 23.2 Å². The van der Waals surface area contributed by atoms with Crippen LogP contribution in [0.3, 0.4) is 0 Å². The van der Waals surface area contributed by atoms with E-state index in [1.807, 2.05) is 6.92 Å². The Bertz CT molecular complexity index is 1480. The van der Waals surface area contributed by atoms with E-state index in [0.717, 1.165) is 35.6 Å². The highest BCUT2D eigenvalue weighted by molar-refractivity contribution is 7.92. The number of carbonyl (C=O) groups excluding carboxylic acids is 2. The van der Waals surface area contributed by atoms with Crippen molar-refractivity contribution in [3.05, 3.63) is 88.4 Å². The highest BCUT2D eigenvalue weighted by atomic mass is 35.5. The molecule has 1 N–H and O–H groups in total. The highest BCUT2D eigenvalue weighted by Gasteiger charge is 2.34. The summed E-state index contributed by atoms with van der Waals surface area (Å²) in [5, 5.41) is 3.84. The first-order valence-electron chi connectivity index (χ1n) is 13.9. The fourth-order valence-electron chi connectivity index (χ4n) is 5.13. The molecule has 0 aliphatic heterocycles. The monoisotopic (exact) mass is 631 g/mol. The van der Waals surface area contributed by atoms with Crippen LogP contribution in [0.5, 0.6) is 5.75 Å².